The van der Waals surface area contributed by atoms with Crippen LogP contribution in [-0.4, -0.2) is 45.6 Å². The van der Waals surface area contributed by atoms with Crippen molar-refractivity contribution in [2.45, 2.75) is 57.3 Å². The lowest BCUT2D eigenvalue weighted by Crippen LogP contribution is -2.46. The highest BCUT2D eigenvalue weighted by Gasteiger charge is 2.43. The molecule has 3 atom stereocenters. The van der Waals surface area contributed by atoms with Crippen molar-refractivity contribution in [1.82, 2.24) is 20.0 Å². The fourth-order valence-corrected chi connectivity index (χ4v) is 4.45. The van der Waals surface area contributed by atoms with Crippen LogP contribution in [0.3, 0.4) is 0 Å². The van der Waals surface area contributed by atoms with Crippen molar-refractivity contribution < 1.29 is 22.8 Å². The van der Waals surface area contributed by atoms with Crippen LogP contribution in [0.15, 0.2) is 6.07 Å². The summed E-state index contributed by atoms with van der Waals surface area (Å²) >= 11 is 0. The van der Waals surface area contributed by atoms with Crippen LogP contribution < -0.4 is 5.32 Å². The Bertz CT molecular complexity index is 756. The second kappa shape index (κ2) is 6.53. The summed E-state index contributed by atoms with van der Waals surface area (Å²) in [5.41, 5.74) is -1.04. The summed E-state index contributed by atoms with van der Waals surface area (Å²) < 4.78 is 40.3. The molecule has 4 rings (SSSR count). The highest BCUT2D eigenvalue weighted by Crippen LogP contribution is 2.39. The first-order valence-corrected chi connectivity index (χ1v) is 9.47. The Hall–Kier alpha value is -2.06. The number of alkyl halides is 3. The van der Waals surface area contributed by atoms with E-state index >= 15 is 0 Å². The Balaban J connectivity index is 1.52. The first kappa shape index (κ1) is 18.3. The maximum absolute atomic E-state index is 13.0. The molecule has 2 heterocycles. The highest BCUT2D eigenvalue weighted by molar-refractivity contribution is 5.93. The molecule has 2 amide bonds. The number of carbonyl (C=O) groups is 2. The van der Waals surface area contributed by atoms with Gasteiger partial charge in [0.2, 0.25) is 5.91 Å². The predicted octanol–water partition coefficient (Wildman–Crippen LogP) is 2.61. The number of amides is 2. The van der Waals surface area contributed by atoms with E-state index in [1.807, 2.05) is 0 Å². The van der Waals surface area contributed by atoms with E-state index in [2.05, 4.69) is 10.4 Å². The monoisotopic (exact) mass is 384 g/mol. The van der Waals surface area contributed by atoms with Gasteiger partial charge < -0.3 is 10.2 Å². The van der Waals surface area contributed by atoms with Crippen molar-refractivity contribution in [3.63, 3.8) is 0 Å². The molecule has 9 heteroatoms. The number of carbonyl (C=O) groups excluding carboxylic acids is 2. The number of likely N-dealkylation sites (tertiary alicyclic amines) is 1. The standard InChI is InChI=1S/C18H23F3N4O2/c1-10(26)24-8-11-3-2-4-14(13(11)9-24)22-17(27)15-7-16(18(19,20)21)23-25(15)12-5-6-12/h7,11-14H,2-6,8-9H2,1H3,(H,22,27). The molecule has 0 aromatic carbocycles. The molecule has 3 aliphatic rings. The summed E-state index contributed by atoms with van der Waals surface area (Å²) in [4.78, 5) is 26.3. The Morgan fingerprint density at radius 1 is 1.19 bits per heavy atom. The van der Waals surface area contributed by atoms with E-state index in [0.29, 0.717) is 19.0 Å². The van der Waals surface area contributed by atoms with E-state index < -0.39 is 17.8 Å². The molecular formula is C18H23F3N4O2. The summed E-state index contributed by atoms with van der Waals surface area (Å²) in [5.74, 6) is 0.0194. The van der Waals surface area contributed by atoms with Crippen LogP contribution >= 0.6 is 0 Å². The third kappa shape index (κ3) is 3.55. The van der Waals surface area contributed by atoms with E-state index in [9.17, 15) is 22.8 Å². The van der Waals surface area contributed by atoms with Gasteiger partial charge in [-0.05, 0) is 31.6 Å². The molecule has 1 saturated heterocycles. The number of halogens is 3. The quantitative estimate of drug-likeness (QED) is 0.871. The number of nitrogens with zero attached hydrogens (tertiary/aromatic N) is 3. The second-order valence-electron chi connectivity index (χ2n) is 7.95. The maximum atomic E-state index is 13.0. The Kier molecular flexibility index (Phi) is 4.43. The summed E-state index contributed by atoms with van der Waals surface area (Å²) in [5, 5.41) is 6.59. The smallest absolute Gasteiger partial charge is 0.348 e. The Morgan fingerprint density at radius 2 is 1.93 bits per heavy atom. The van der Waals surface area contributed by atoms with E-state index in [-0.39, 0.29) is 29.6 Å². The van der Waals surface area contributed by atoms with Crippen LogP contribution in [0.5, 0.6) is 0 Å². The first-order valence-electron chi connectivity index (χ1n) is 9.47. The van der Waals surface area contributed by atoms with E-state index in [1.165, 1.54) is 11.6 Å². The molecule has 27 heavy (non-hydrogen) atoms. The van der Waals surface area contributed by atoms with Crippen molar-refractivity contribution in [3.8, 4) is 0 Å². The van der Waals surface area contributed by atoms with Gasteiger partial charge in [-0.3, -0.25) is 14.3 Å². The van der Waals surface area contributed by atoms with Gasteiger partial charge in [-0.2, -0.15) is 18.3 Å². The average Bonchev–Trinajstić information content (AvgIpc) is 3.17. The van der Waals surface area contributed by atoms with E-state index in [4.69, 9.17) is 0 Å². The first-order chi connectivity index (χ1) is 12.7. The molecule has 3 fully saturated rings. The lowest BCUT2D eigenvalue weighted by atomic mass is 9.78. The molecule has 148 valence electrons. The predicted molar refractivity (Wildman–Crippen MR) is 89.8 cm³/mol. The van der Waals surface area contributed by atoms with E-state index in [1.54, 1.807) is 4.90 Å². The van der Waals surface area contributed by atoms with Gasteiger partial charge in [0.15, 0.2) is 5.69 Å². The Labute approximate surface area is 155 Å². The van der Waals surface area contributed by atoms with Crippen molar-refractivity contribution >= 4 is 11.8 Å². The van der Waals surface area contributed by atoms with Gasteiger partial charge in [0.25, 0.3) is 5.91 Å². The Morgan fingerprint density at radius 3 is 2.56 bits per heavy atom. The van der Waals surface area contributed by atoms with Gasteiger partial charge in [-0.15, -0.1) is 0 Å². The SMILES string of the molecule is CC(=O)N1CC2CCCC(NC(=O)c3cc(C(F)(F)F)nn3C3CC3)C2C1. The minimum Gasteiger partial charge on any atom is -0.348 e. The lowest BCUT2D eigenvalue weighted by molar-refractivity contribution is -0.141. The van der Waals surface area contributed by atoms with Gasteiger partial charge in [0.1, 0.15) is 5.69 Å². The number of rotatable bonds is 3. The fraction of sp³-hybridized carbons (Fsp3) is 0.722. The molecule has 1 N–H and O–H groups in total. The largest absolute Gasteiger partial charge is 0.435 e. The molecule has 6 nitrogen and oxygen atoms in total. The van der Waals surface area contributed by atoms with Gasteiger partial charge in [-0.25, -0.2) is 0 Å². The van der Waals surface area contributed by atoms with Crippen LogP contribution in [0.1, 0.15) is 61.3 Å². The third-order valence-corrected chi connectivity index (χ3v) is 6.01. The normalized spacial score (nSPS) is 28.1. The summed E-state index contributed by atoms with van der Waals surface area (Å²) in [7, 11) is 0. The van der Waals surface area contributed by atoms with Crippen LogP contribution in [0.4, 0.5) is 13.2 Å². The summed E-state index contributed by atoms with van der Waals surface area (Å²) in [6.45, 7) is 2.84. The van der Waals surface area contributed by atoms with Gasteiger partial charge in [0, 0.05) is 38.0 Å². The molecule has 0 radical (unpaired) electrons. The minimum absolute atomic E-state index is 0.0200. The van der Waals surface area contributed by atoms with Crippen molar-refractivity contribution in [3.05, 3.63) is 17.5 Å². The van der Waals surface area contributed by atoms with Crippen molar-refractivity contribution in [1.29, 1.82) is 0 Å². The molecule has 3 unspecified atom stereocenters. The van der Waals surface area contributed by atoms with Crippen LogP contribution in [0.2, 0.25) is 0 Å². The highest BCUT2D eigenvalue weighted by atomic mass is 19.4. The molecular weight excluding hydrogens is 361 g/mol. The van der Waals surface area contributed by atoms with Crippen molar-refractivity contribution in [2.75, 3.05) is 13.1 Å². The minimum atomic E-state index is -4.57. The zero-order valence-electron chi connectivity index (χ0n) is 15.1. The van der Waals surface area contributed by atoms with Gasteiger partial charge in [0.05, 0.1) is 6.04 Å². The molecule has 2 saturated carbocycles. The maximum Gasteiger partial charge on any atom is 0.435 e. The van der Waals surface area contributed by atoms with Gasteiger partial charge >= 0.3 is 6.18 Å². The van der Waals surface area contributed by atoms with Crippen LogP contribution in [0.25, 0.3) is 0 Å². The number of fused-ring (bicyclic) bond motifs is 1. The van der Waals surface area contributed by atoms with Gasteiger partial charge in [-0.1, -0.05) is 6.42 Å². The topological polar surface area (TPSA) is 67.2 Å². The summed E-state index contributed by atoms with van der Waals surface area (Å²) in [6, 6.07) is 0.600. The fourth-order valence-electron chi connectivity index (χ4n) is 4.45. The second-order valence-corrected chi connectivity index (χ2v) is 7.95. The molecule has 1 aromatic rings. The summed E-state index contributed by atoms with van der Waals surface area (Å²) in [6.07, 6.45) is -0.366. The number of nitrogens with one attached hydrogen (secondary N) is 1. The number of hydrogen-bond acceptors (Lipinski definition) is 3. The molecule has 2 aliphatic carbocycles. The molecule has 0 spiro atoms. The van der Waals surface area contributed by atoms with Crippen LogP contribution in [-0.2, 0) is 11.0 Å². The molecule has 1 aliphatic heterocycles. The van der Waals surface area contributed by atoms with E-state index in [0.717, 1.165) is 38.2 Å². The number of hydrogen-bond donors (Lipinski definition) is 1. The average molecular weight is 384 g/mol. The van der Waals surface area contributed by atoms with Crippen LogP contribution in [0, 0.1) is 11.8 Å². The molecule has 1 aromatic heterocycles. The zero-order chi connectivity index (χ0) is 19.3. The molecule has 0 bridgehead atoms. The lowest BCUT2D eigenvalue weighted by Gasteiger charge is -2.33. The number of aromatic nitrogens is 2. The van der Waals surface area contributed by atoms with Crippen molar-refractivity contribution in [2.24, 2.45) is 11.8 Å². The zero-order valence-corrected chi connectivity index (χ0v) is 15.1. The third-order valence-electron chi connectivity index (χ3n) is 6.01.